The molecule has 6 nitrogen and oxygen atoms in total. The number of nitrogens with two attached hydrogens (primary N) is 1. The number of aromatic nitrogens is 3. The summed E-state index contributed by atoms with van der Waals surface area (Å²) in [6.07, 6.45) is 5.87. The number of hydrogen-bond donors (Lipinski definition) is 1. The summed E-state index contributed by atoms with van der Waals surface area (Å²) in [4.78, 5) is 13.0. The highest BCUT2D eigenvalue weighted by molar-refractivity contribution is 5.91. The van der Waals surface area contributed by atoms with Crippen LogP contribution in [-0.4, -0.2) is 39.6 Å². The second kappa shape index (κ2) is 6.64. The Morgan fingerprint density at radius 3 is 2.64 bits per heavy atom. The minimum absolute atomic E-state index is 0.508. The summed E-state index contributed by atoms with van der Waals surface area (Å²) in [5.41, 5.74) is 9.08. The molecule has 4 rings (SSSR count). The van der Waals surface area contributed by atoms with Crippen molar-refractivity contribution in [1.82, 2.24) is 20.0 Å². The van der Waals surface area contributed by atoms with Crippen molar-refractivity contribution in [3.8, 4) is 11.1 Å². The third kappa shape index (κ3) is 3.00. The van der Waals surface area contributed by atoms with Gasteiger partial charge in [-0.05, 0) is 55.2 Å². The number of benzene rings is 1. The van der Waals surface area contributed by atoms with Crippen molar-refractivity contribution in [2.24, 2.45) is 0 Å². The van der Waals surface area contributed by atoms with Gasteiger partial charge in [0, 0.05) is 31.2 Å². The SMILES string of the molecule is CCN(c1cc(-c2ccc3ncnc(N)c3c2)ccn1)N1CCCC1. The third-order valence-corrected chi connectivity index (χ3v) is 4.73. The van der Waals surface area contributed by atoms with E-state index in [1.54, 1.807) is 0 Å². The molecule has 2 N–H and O–H groups in total. The molecule has 1 saturated heterocycles. The predicted molar refractivity (Wildman–Crippen MR) is 101 cm³/mol. The van der Waals surface area contributed by atoms with E-state index in [1.807, 2.05) is 18.3 Å². The number of nitrogen functional groups attached to an aromatic ring is 1. The van der Waals surface area contributed by atoms with E-state index in [2.05, 4.69) is 50.1 Å². The van der Waals surface area contributed by atoms with Crippen LogP contribution in [0.1, 0.15) is 19.8 Å². The molecule has 1 aromatic carbocycles. The zero-order valence-corrected chi connectivity index (χ0v) is 14.4. The Labute approximate surface area is 147 Å². The molecular weight excluding hydrogens is 312 g/mol. The van der Waals surface area contributed by atoms with Gasteiger partial charge in [0.1, 0.15) is 18.0 Å². The van der Waals surface area contributed by atoms with E-state index in [-0.39, 0.29) is 0 Å². The van der Waals surface area contributed by atoms with Crippen LogP contribution in [0.2, 0.25) is 0 Å². The van der Waals surface area contributed by atoms with Crippen molar-refractivity contribution >= 4 is 22.5 Å². The molecule has 3 aromatic rings. The normalized spacial score (nSPS) is 14.9. The van der Waals surface area contributed by atoms with Gasteiger partial charge in [-0.15, -0.1) is 0 Å². The molecule has 0 amide bonds. The molecule has 0 spiro atoms. The average Bonchev–Trinajstić information content (AvgIpc) is 3.17. The van der Waals surface area contributed by atoms with E-state index in [4.69, 9.17) is 5.73 Å². The maximum atomic E-state index is 6.01. The number of hydrazine groups is 1. The highest BCUT2D eigenvalue weighted by atomic mass is 15.6. The molecule has 6 heteroatoms. The molecule has 0 radical (unpaired) electrons. The Hall–Kier alpha value is -2.73. The zero-order valence-electron chi connectivity index (χ0n) is 14.4. The Morgan fingerprint density at radius 2 is 1.84 bits per heavy atom. The van der Waals surface area contributed by atoms with E-state index >= 15 is 0 Å². The van der Waals surface area contributed by atoms with Gasteiger partial charge in [-0.3, -0.25) is 5.01 Å². The van der Waals surface area contributed by atoms with Gasteiger partial charge in [0.2, 0.25) is 0 Å². The number of nitrogens with zero attached hydrogens (tertiary/aromatic N) is 5. The lowest BCUT2D eigenvalue weighted by Gasteiger charge is -2.31. The van der Waals surface area contributed by atoms with E-state index < -0.39 is 0 Å². The zero-order chi connectivity index (χ0) is 17.2. The Morgan fingerprint density at radius 1 is 1.04 bits per heavy atom. The van der Waals surface area contributed by atoms with Crippen molar-refractivity contribution < 1.29 is 0 Å². The monoisotopic (exact) mass is 334 g/mol. The predicted octanol–water partition coefficient (Wildman–Crippen LogP) is 3.11. The van der Waals surface area contributed by atoms with Crippen molar-refractivity contribution in [2.45, 2.75) is 19.8 Å². The molecule has 128 valence electrons. The largest absolute Gasteiger partial charge is 0.383 e. The lowest BCUT2D eigenvalue weighted by Crippen LogP contribution is -2.41. The molecule has 0 saturated carbocycles. The maximum Gasteiger partial charge on any atom is 0.143 e. The first-order chi connectivity index (χ1) is 12.3. The van der Waals surface area contributed by atoms with Crippen molar-refractivity contribution in [3.05, 3.63) is 42.9 Å². The van der Waals surface area contributed by atoms with E-state index in [0.29, 0.717) is 5.82 Å². The summed E-state index contributed by atoms with van der Waals surface area (Å²) in [6.45, 7) is 5.28. The van der Waals surface area contributed by atoms with Crippen LogP contribution >= 0.6 is 0 Å². The number of rotatable bonds is 4. The van der Waals surface area contributed by atoms with Gasteiger partial charge in [-0.1, -0.05) is 6.07 Å². The molecule has 0 unspecified atom stereocenters. The van der Waals surface area contributed by atoms with E-state index in [1.165, 1.54) is 19.2 Å². The molecule has 3 heterocycles. The second-order valence-corrected chi connectivity index (χ2v) is 6.27. The van der Waals surface area contributed by atoms with E-state index in [9.17, 15) is 0 Å². The topological polar surface area (TPSA) is 71.2 Å². The first-order valence-electron chi connectivity index (χ1n) is 8.75. The van der Waals surface area contributed by atoms with Gasteiger partial charge in [-0.25, -0.2) is 20.0 Å². The molecular formula is C19H22N6. The molecule has 0 aliphatic carbocycles. The average molecular weight is 334 g/mol. The van der Waals surface area contributed by atoms with Gasteiger partial charge in [0.25, 0.3) is 0 Å². The van der Waals surface area contributed by atoms with Gasteiger partial charge in [0.05, 0.1) is 5.52 Å². The van der Waals surface area contributed by atoms with Crippen LogP contribution in [0.3, 0.4) is 0 Å². The second-order valence-electron chi connectivity index (χ2n) is 6.27. The molecule has 25 heavy (non-hydrogen) atoms. The molecule has 0 bridgehead atoms. The van der Waals surface area contributed by atoms with Crippen LogP contribution in [0.25, 0.3) is 22.0 Å². The van der Waals surface area contributed by atoms with Crippen LogP contribution in [-0.2, 0) is 0 Å². The fraction of sp³-hybridized carbons (Fsp3) is 0.316. The summed E-state index contributed by atoms with van der Waals surface area (Å²) in [5.74, 6) is 1.49. The molecule has 2 aromatic heterocycles. The van der Waals surface area contributed by atoms with Crippen molar-refractivity contribution in [3.63, 3.8) is 0 Å². The summed E-state index contributed by atoms with van der Waals surface area (Å²) >= 11 is 0. The number of anilines is 2. The smallest absolute Gasteiger partial charge is 0.143 e. The molecule has 1 aliphatic rings. The molecule has 1 aliphatic heterocycles. The minimum Gasteiger partial charge on any atom is -0.383 e. The molecule has 1 fully saturated rings. The number of pyridine rings is 1. The summed E-state index contributed by atoms with van der Waals surface area (Å²) < 4.78 is 0. The summed E-state index contributed by atoms with van der Waals surface area (Å²) in [5, 5.41) is 5.54. The van der Waals surface area contributed by atoms with Crippen molar-refractivity contribution in [2.75, 3.05) is 30.4 Å². The van der Waals surface area contributed by atoms with Crippen LogP contribution in [0.4, 0.5) is 11.6 Å². The van der Waals surface area contributed by atoms with Crippen molar-refractivity contribution in [1.29, 1.82) is 0 Å². The van der Waals surface area contributed by atoms with Gasteiger partial charge < -0.3 is 5.73 Å². The highest BCUT2D eigenvalue weighted by Crippen LogP contribution is 2.28. The van der Waals surface area contributed by atoms with Crippen LogP contribution in [0, 0.1) is 0 Å². The highest BCUT2D eigenvalue weighted by Gasteiger charge is 2.19. The van der Waals surface area contributed by atoms with Gasteiger partial charge in [0.15, 0.2) is 0 Å². The standard InChI is InChI=1S/C19H22N6/c1-2-25(24-9-3-4-10-24)18-12-15(7-8-21-18)14-5-6-17-16(11-14)19(20)23-13-22-17/h5-8,11-13H,2-4,9-10H2,1H3,(H2,20,22,23). The fourth-order valence-corrected chi connectivity index (χ4v) is 3.44. The van der Waals surface area contributed by atoms with Crippen LogP contribution in [0.15, 0.2) is 42.9 Å². The lowest BCUT2D eigenvalue weighted by molar-refractivity contribution is 0.309. The Kier molecular flexibility index (Phi) is 4.19. The van der Waals surface area contributed by atoms with Gasteiger partial charge >= 0.3 is 0 Å². The molecule has 0 atom stereocenters. The summed E-state index contributed by atoms with van der Waals surface area (Å²) in [6, 6.07) is 10.3. The summed E-state index contributed by atoms with van der Waals surface area (Å²) in [7, 11) is 0. The third-order valence-electron chi connectivity index (χ3n) is 4.73. The maximum absolute atomic E-state index is 6.01. The van der Waals surface area contributed by atoms with Gasteiger partial charge in [-0.2, -0.15) is 0 Å². The van der Waals surface area contributed by atoms with E-state index in [0.717, 1.165) is 47.5 Å². The minimum atomic E-state index is 0.508. The quantitative estimate of drug-likeness (QED) is 0.790. The van der Waals surface area contributed by atoms with Crippen LogP contribution < -0.4 is 10.7 Å². The first kappa shape index (κ1) is 15.8. The first-order valence-corrected chi connectivity index (χ1v) is 8.75. The Bertz CT molecular complexity index is 888. The number of fused-ring (bicyclic) bond motifs is 1. The lowest BCUT2D eigenvalue weighted by atomic mass is 10.0. The fourth-order valence-electron chi connectivity index (χ4n) is 3.44. The number of hydrogen-bond acceptors (Lipinski definition) is 6. The Balaban J connectivity index is 1.72. The van der Waals surface area contributed by atoms with Crippen LogP contribution in [0.5, 0.6) is 0 Å².